The molecule has 0 unspecified atom stereocenters. The second kappa shape index (κ2) is 10.6. The molecule has 0 atom stereocenters. The van der Waals surface area contributed by atoms with Gasteiger partial charge < -0.3 is 19.3 Å². The average Bonchev–Trinajstić information content (AvgIpc) is 3.39. The van der Waals surface area contributed by atoms with Crippen molar-refractivity contribution in [2.75, 3.05) is 16.8 Å². The third kappa shape index (κ3) is 5.18. The van der Waals surface area contributed by atoms with E-state index in [0.29, 0.717) is 28.9 Å². The number of pyridine rings is 2. The van der Waals surface area contributed by atoms with E-state index in [2.05, 4.69) is 59.8 Å². The zero-order valence-electron chi connectivity index (χ0n) is 23.3. The summed E-state index contributed by atoms with van der Waals surface area (Å²) in [5.41, 5.74) is 6.77. The molecule has 0 aliphatic carbocycles. The maximum Gasteiger partial charge on any atom is 0.219 e. The van der Waals surface area contributed by atoms with Crippen LogP contribution in [-0.2, 0) is 26.5 Å². The summed E-state index contributed by atoms with van der Waals surface area (Å²) in [6.45, 7) is 12.5. The Labute approximate surface area is 249 Å². The van der Waals surface area contributed by atoms with Gasteiger partial charge in [-0.1, -0.05) is 32.9 Å². The number of nitrogens with zero attached hydrogens (tertiary/aromatic N) is 5. The van der Waals surface area contributed by atoms with Crippen molar-refractivity contribution in [1.29, 1.82) is 0 Å². The van der Waals surface area contributed by atoms with Crippen LogP contribution < -0.4 is 19.3 Å². The summed E-state index contributed by atoms with van der Waals surface area (Å²) in [4.78, 5) is 13.4. The third-order valence-electron chi connectivity index (χ3n) is 6.91. The summed E-state index contributed by atoms with van der Waals surface area (Å²) >= 11 is 0. The first-order valence-electron chi connectivity index (χ1n) is 12.9. The molecule has 0 bridgehead atoms. The van der Waals surface area contributed by atoms with Crippen molar-refractivity contribution in [1.82, 2.24) is 14.4 Å². The molecule has 2 aromatic carbocycles. The molecular weight excluding hydrogens is 681 g/mol. The van der Waals surface area contributed by atoms with Gasteiger partial charge in [0.25, 0.3) is 0 Å². The van der Waals surface area contributed by atoms with Crippen LogP contribution in [-0.4, -0.2) is 21.4 Å². The van der Waals surface area contributed by atoms with E-state index in [9.17, 15) is 0 Å². The van der Waals surface area contributed by atoms with Crippen LogP contribution in [0.1, 0.15) is 37.7 Å². The molecule has 0 amide bonds. The first-order valence-corrected chi connectivity index (χ1v) is 12.9. The van der Waals surface area contributed by atoms with Gasteiger partial charge in [0, 0.05) is 56.1 Å². The van der Waals surface area contributed by atoms with Gasteiger partial charge in [0.15, 0.2) is 0 Å². The molecule has 7 nitrogen and oxygen atoms in total. The number of ether oxygens (including phenoxy) is 2. The minimum Gasteiger partial charge on any atom is -0.521 e. The molecule has 4 heterocycles. The van der Waals surface area contributed by atoms with Crippen LogP contribution in [0.4, 0.5) is 17.1 Å². The van der Waals surface area contributed by atoms with Crippen LogP contribution in [0.25, 0.3) is 5.65 Å². The normalized spacial score (nSPS) is 12.8. The molecule has 0 radical (unpaired) electrons. The number of benzene rings is 2. The Bertz CT molecular complexity index is 1690. The minimum absolute atomic E-state index is 0. The Hall–Kier alpha value is -3.83. The molecule has 40 heavy (non-hydrogen) atoms. The largest absolute Gasteiger partial charge is 0.521 e. The molecule has 0 fully saturated rings. The Morgan fingerprint density at radius 3 is 2.42 bits per heavy atom. The standard InChI is InChI=1S/C32H30N5O2.Pt/c1-21-22(2)37-29(34-21)18-26(19-31(37)39-30-16-23(14-15-33-30)32(3,4)5)38-25-11-9-10-24(17-25)36-20-35(6)27-12-7-8-13-28(27)36;/h7-16,18,20H,1-6H3;/q-3;. The Balaban J connectivity index is 0.00000323. The first-order chi connectivity index (χ1) is 18.7. The van der Waals surface area contributed by atoms with Crippen molar-refractivity contribution in [2.45, 2.75) is 40.0 Å². The van der Waals surface area contributed by atoms with Crippen molar-refractivity contribution in [3.8, 4) is 23.3 Å². The van der Waals surface area contributed by atoms with E-state index in [1.807, 2.05) is 80.5 Å². The number of para-hydroxylation sites is 2. The quantitative estimate of drug-likeness (QED) is 0.176. The van der Waals surface area contributed by atoms with Crippen LogP contribution in [0.5, 0.6) is 23.3 Å². The summed E-state index contributed by atoms with van der Waals surface area (Å²) in [5, 5.41) is 0. The Kier molecular flexibility index (Phi) is 7.36. The van der Waals surface area contributed by atoms with Gasteiger partial charge in [-0.3, -0.25) is 9.38 Å². The SMILES string of the molecule is Cc1nc2cc(Oc3[c-]c(N4[CH-]N(C)c5ccccc54)ccc3)[c-]c(Oc3cc(C(C)(C)C)ccn3)n2c1C.[Pt]. The molecular formula is C32H30N5O2Pt-3. The van der Waals surface area contributed by atoms with Gasteiger partial charge in [0.1, 0.15) is 5.88 Å². The van der Waals surface area contributed by atoms with Gasteiger partial charge in [-0.25, -0.2) is 4.98 Å². The van der Waals surface area contributed by atoms with Gasteiger partial charge >= 0.3 is 0 Å². The molecule has 3 aromatic heterocycles. The number of aryl methyl sites for hydroxylation is 2. The maximum atomic E-state index is 6.30. The number of imidazole rings is 1. The summed E-state index contributed by atoms with van der Waals surface area (Å²) < 4.78 is 14.5. The van der Waals surface area contributed by atoms with E-state index in [-0.39, 0.29) is 26.5 Å². The van der Waals surface area contributed by atoms with E-state index < -0.39 is 0 Å². The van der Waals surface area contributed by atoms with Crippen LogP contribution in [0.3, 0.4) is 0 Å². The van der Waals surface area contributed by atoms with E-state index >= 15 is 0 Å². The summed E-state index contributed by atoms with van der Waals surface area (Å²) in [5.74, 6) is 1.99. The summed E-state index contributed by atoms with van der Waals surface area (Å²) in [6.07, 6.45) is 1.77. The Morgan fingerprint density at radius 1 is 0.875 bits per heavy atom. The molecule has 8 heteroatoms. The zero-order valence-corrected chi connectivity index (χ0v) is 25.6. The predicted octanol–water partition coefficient (Wildman–Crippen LogP) is 7.53. The average molecular weight is 712 g/mol. The zero-order chi connectivity index (χ0) is 27.3. The molecule has 0 saturated heterocycles. The van der Waals surface area contributed by atoms with Crippen LogP contribution >= 0.6 is 0 Å². The summed E-state index contributed by atoms with van der Waals surface area (Å²) in [6, 6.07) is 26.6. The fourth-order valence-electron chi connectivity index (χ4n) is 4.67. The number of fused-ring (bicyclic) bond motifs is 2. The smallest absolute Gasteiger partial charge is 0.219 e. The van der Waals surface area contributed by atoms with E-state index in [1.54, 1.807) is 6.20 Å². The van der Waals surface area contributed by atoms with Crippen molar-refractivity contribution < 1.29 is 30.5 Å². The van der Waals surface area contributed by atoms with Gasteiger partial charge in [-0.15, -0.1) is 36.0 Å². The molecule has 0 saturated carbocycles. The van der Waals surface area contributed by atoms with Crippen molar-refractivity contribution in [3.05, 3.63) is 103 Å². The maximum absolute atomic E-state index is 6.30. The van der Waals surface area contributed by atoms with E-state index in [4.69, 9.17) is 14.5 Å². The molecule has 6 rings (SSSR count). The second-order valence-corrected chi connectivity index (χ2v) is 10.7. The van der Waals surface area contributed by atoms with Gasteiger partial charge in [0.2, 0.25) is 5.88 Å². The minimum atomic E-state index is -0.0322. The second-order valence-electron chi connectivity index (χ2n) is 10.7. The van der Waals surface area contributed by atoms with Gasteiger partial charge in [-0.2, -0.15) is 12.7 Å². The van der Waals surface area contributed by atoms with E-state index in [1.165, 1.54) is 0 Å². The number of rotatable bonds is 5. The number of hydrogen-bond acceptors (Lipinski definition) is 6. The fraction of sp³-hybridized carbons (Fsp3) is 0.219. The Morgan fingerprint density at radius 2 is 1.65 bits per heavy atom. The molecule has 5 aromatic rings. The number of hydrogen-bond donors (Lipinski definition) is 0. The van der Waals surface area contributed by atoms with Crippen LogP contribution in [0.15, 0.2) is 66.9 Å². The van der Waals surface area contributed by atoms with Crippen LogP contribution in [0.2, 0.25) is 0 Å². The topological polar surface area (TPSA) is 55.1 Å². The van der Waals surface area contributed by atoms with Gasteiger partial charge in [0.05, 0.1) is 11.3 Å². The summed E-state index contributed by atoms with van der Waals surface area (Å²) in [7, 11) is 2.03. The first kappa shape index (κ1) is 27.7. The monoisotopic (exact) mass is 711 g/mol. The molecule has 208 valence electrons. The molecule has 1 aliphatic heterocycles. The molecule has 1 aliphatic rings. The third-order valence-corrected chi connectivity index (χ3v) is 6.91. The van der Waals surface area contributed by atoms with Crippen molar-refractivity contribution in [2.24, 2.45) is 0 Å². The van der Waals surface area contributed by atoms with E-state index in [0.717, 1.165) is 34.0 Å². The van der Waals surface area contributed by atoms with Crippen LogP contribution in [0, 0.1) is 32.6 Å². The molecule has 0 N–H and O–H groups in total. The fourth-order valence-corrected chi connectivity index (χ4v) is 4.67. The number of anilines is 3. The predicted molar refractivity (Wildman–Crippen MR) is 153 cm³/mol. The molecule has 0 spiro atoms. The van der Waals surface area contributed by atoms with Crippen molar-refractivity contribution in [3.63, 3.8) is 0 Å². The number of aromatic nitrogens is 3. The van der Waals surface area contributed by atoms with Crippen molar-refractivity contribution >= 4 is 22.7 Å². The van der Waals surface area contributed by atoms with Gasteiger partial charge in [-0.05, 0) is 55.8 Å².